The molecule has 0 bridgehead atoms. The van der Waals surface area contributed by atoms with Gasteiger partial charge in [0.15, 0.2) is 17.5 Å². The molecule has 6 heteroatoms. The topological polar surface area (TPSA) is 24.9 Å². The lowest BCUT2D eigenvalue weighted by molar-refractivity contribution is 0.444. The van der Waals surface area contributed by atoms with Crippen LogP contribution < -0.4 is 5.32 Å². The van der Waals surface area contributed by atoms with Crippen molar-refractivity contribution in [2.24, 2.45) is 0 Å². The summed E-state index contributed by atoms with van der Waals surface area (Å²) in [4.78, 5) is 4.24. The van der Waals surface area contributed by atoms with Gasteiger partial charge in [0.1, 0.15) is 0 Å². The maximum absolute atomic E-state index is 12.9. The summed E-state index contributed by atoms with van der Waals surface area (Å²) in [5, 5.41) is 5.87. The first-order valence-electron chi connectivity index (χ1n) is 5.31. The van der Waals surface area contributed by atoms with Gasteiger partial charge in [-0.15, -0.1) is 11.3 Å². The second kappa shape index (κ2) is 5.49. The molecule has 0 radical (unpaired) electrons. The summed E-state index contributed by atoms with van der Waals surface area (Å²) in [5.41, 5.74) is 1.24. The first kappa shape index (κ1) is 13.0. The number of hydrogen-bond acceptors (Lipinski definition) is 3. The molecule has 0 aliphatic heterocycles. The zero-order valence-corrected chi connectivity index (χ0v) is 10.5. The Kier molecular flexibility index (Phi) is 3.98. The molecular formula is C12H11F3N2S. The highest BCUT2D eigenvalue weighted by Crippen LogP contribution is 2.13. The van der Waals surface area contributed by atoms with Crippen molar-refractivity contribution < 1.29 is 13.2 Å². The predicted octanol–water partition coefficient (Wildman–Crippen LogP) is 3.16. The van der Waals surface area contributed by atoms with Gasteiger partial charge < -0.3 is 5.32 Å². The molecule has 0 fully saturated rings. The van der Waals surface area contributed by atoms with E-state index in [0.717, 1.165) is 22.8 Å². The molecule has 18 heavy (non-hydrogen) atoms. The first-order valence-corrected chi connectivity index (χ1v) is 6.19. The molecule has 0 saturated carbocycles. The minimum atomic E-state index is -1.44. The molecule has 1 aromatic carbocycles. The predicted molar refractivity (Wildman–Crippen MR) is 63.7 cm³/mol. The van der Waals surface area contributed by atoms with E-state index < -0.39 is 17.5 Å². The summed E-state index contributed by atoms with van der Waals surface area (Å²) >= 11 is 1.54. The first-order chi connectivity index (χ1) is 8.56. The third-order valence-electron chi connectivity index (χ3n) is 2.35. The second-order valence-corrected chi connectivity index (χ2v) is 4.90. The van der Waals surface area contributed by atoms with Gasteiger partial charge in [0.05, 0.1) is 10.7 Å². The van der Waals surface area contributed by atoms with Gasteiger partial charge in [0, 0.05) is 18.5 Å². The van der Waals surface area contributed by atoms with E-state index in [9.17, 15) is 13.2 Å². The minimum Gasteiger partial charge on any atom is -0.307 e. The smallest absolute Gasteiger partial charge is 0.194 e. The molecule has 1 N–H and O–H groups in total. The second-order valence-electron chi connectivity index (χ2n) is 3.83. The van der Waals surface area contributed by atoms with Crippen molar-refractivity contribution in [3.05, 3.63) is 51.2 Å². The Labute approximate surface area is 106 Å². The fourth-order valence-electron chi connectivity index (χ4n) is 1.53. The largest absolute Gasteiger partial charge is 0.307 e. The summed E-state index contributed by atoms with van der Waals surface area (Å²) in [6, 6.07) is 1.97. The SMILES string of the molecule is Cc1nc(CNCc2cc(F)c(F)c(F)c2)cs1. The third kappa shape index (κ3) is 3.08. The number of nitrogens with one attached hydrogen (secondary N) is 1. The van der Waals surface area contributed by atoms with Crippen LogP contribution in [0.25, 0.3) is 0 Å². The summed E-state index contributed by atoms with van der Waals surface area (Å²) < 4.78 is 38.6. The molecule has 0 aliphatic carbocycles. The van der Waals surface area contributed by atoms with Crippen molar-refractivity contribution in [2.45, 2.75) is 20.0 Å². The lowest BCUT2D eigenvalue weighted by Gasteiger charge is -2.04. The average molecular weight is 272 g/mol. The maximum Gasteiger partial charge on any atom is 0.194 e. The van der Waals surface area contributed by atoms with Crippen LogP contribution in [-0.2, 0) is 13.1 Å². The van der Waals surface area contributed by atoms with Gasteiger partial charge in [-0.1, -0.05) is 0 Å². The molecule has 1 heterocycles. The van der Waals surface area contributed by atoms with Crippen molar-refractivity contribution in [3.63, 3.8) is 0 Å². The summed E-state index contributed by atoms with van der Waals surface area (Å²) in [5.74, 6) is -3.78. The van der Waals surface area contributed by atoms with Crippen LogP contribution in [0.5, 0.6) is 0 Å². The maximum atomic E-state index is 12.9. The van der Waals surface area contributed by atoms with Crippen molar-refractivity contribution in [2.75, 3.05) is 0 Å². The molecule has 0 spiro atoms. The quantitative estimate of drug-likeness (QED) is 0.865. The van der Waals surface area contributed by atoms with Crippen LogP contribution in [0.4, 0.5) is 13.2 Å². The zero-order chi connectivity index (χ0) is 13.1. The Morgan fingerprint density at radius 3 is 2.39 bits per heavy atom. The van der Waals surface area contributed by atoms with Gasteiger partial charge in [0.2, 0.25) is 0 Å². The van der Waals surface area contributed by atoms with Crippen molar-refractivity contribution in [3.8, 4) is 0 Å². The van der Waals surface area contributed by atoms with Gasteiger partial charge >= 0.3 is 0 Å². The number of thiazole rings is 1. The number of nitrogens with zero attached hydrogens (tertiary/aromatic N) is 1. The van der Waals surface area contributed by atoms with E-state index in [2.05, 4.69) is 10.3 Å². The number of rotatable bonds is 4. The molecule has 2 aromatic rings. The van der Waals surface area contributed by atoms with Gasteiger partial charge in [-0.2, -0.15) is 0 Å². The molecule has 0 amide bonds. The third-order valence-corrected chi connectivity index (χ3v) is 3.17. The van der Waals surface area contributed by atoms with E-state index in [1.807, 2.05) is 12.3 Å². The van der Waals surface area contributed by atoms with E-state index in [-0.39, 0.29) is 6.54 Å². The molecule has 2 nitrogen and oxygen atoms in total. The highest BCUT2D eigenvalue weighted by Gasteiger charge is 2.10. The Morgan fingerprint density at radius 2 is 1.83 bits per heavy atom. The number of hydrogen-bond donors (Lipinski definition) is 1. The molecule has 0 atom stereocenters. The van der Waals surface area contributed by atoms with Crippen molar-refractivity contribution >= 4 is 11.3 Å². The molecule has 96 valence electrons. The molecule has 0 saturated heterocycles. The minimum absolute atomic E-state index is 0.255. The van der Waals surface area contributed by atoms with Crippen LogP contribution in [0, 0.1) is 24.4 Å². The van der Waals surface area contributed by atoms with Crippen LogP contribution in [0.3, 0.4) is 0 Å². The van der Waals surface area contributed by atoms with Crippen LogP contribution in [0.2, 0.25) is 0 Å². The fourth-order valence-corrected chi connectivity index (χ4v) is 2.15. The highest BCUT2D eigenvalue weighted by molar-refractivity contribution is 7.09. The van der Waals surface area contributed by atoms with Gasteiger partial charge in [0.25, 0.3) is 0 Å². The number of aromatic nitrogens is 1. The Balaban J connectivity index is 1.94. The van der Waals surface area contributed by atoms with Crippen LogP contribution in [0.15, 0.2) is 17.5 Å². The van der Waals surface area contributed by atoms with E-state index in [1.54, 1.807) is 0 Å². The zero-order valence-electron chi connectivity index (χ0n) is 9.64. The summed E-state index contributed by atoms with van der Waals surface area (Å²) in [6.07, 6.45) is 0. The Hall–Kier alpha value is -1.40. The average Bonchev–Trinajstić information content (AvgIpc) is 2.72. The van der Waals surface area contributed by atoms with E-state index in [1.165, 1.54) is 11.3 Å². The molecule has 2 rings (SSSR count). The monoisotopic (exact) mass is 272 g/mol. The van der Waals surface area contributed by atoms with Crippen molar-refractivity contribution in [1.29, 1.82) is 0 Å². The van der Waals surface area contributed by atoms with E-state index >= 15 is 0 Å². The molecule has 0 aliphatic rings. The van der Waals surface area contributed by atoms with Crippen LogP contribution in [-0.4, -0.2) is 4.98 Å². The van der Waals surface area contributed by atoms with Gasteiger partial charge in [-0.3, -0.25) is 0 Å². The number of benzene rings is 1. The van der Waals surface area contributed by atoms with E-state index in [4.69, 9.17) is 0 Å². The van der Waals surface area contributed by atoms with Crippen molar-refractivity contribution in [1.82, 2.24) is 10.3 Å². The fraction of sp³-hybridized carbons (Fsp3) is 0.250. The Morgan fingerprint density at radius 1 is 1.17 bits per heavy atom. The standard InChI is InChI=1S/C12H11F3N2S/c1-7-17-9(6-18-7)5-16-4-8-2-10(13)12(15)11(14)3-8/h2-3,6,16H,4-5H2,1H3. The van der Waals surface area contributed by atoms with Gasteiger partial charge in [-0.25, -0.2) is 18.2 Å². The Bertz CT molecular complexity index is 531. The lowest BCUT2D eigenvalue weighted by atomic mass is 10.2. The highest BCUT2D eigenvalue weighted by atomic mass is 32.1. The molecule has 1 aromatic heterocycles. The molecular weight excluding hydrogens is 261 g/mol. The van der Waals surface area contributed by atoms with Crippen LogP contribution >= 0.6 is 11.3 Å². The number of aryl methyl sites for hydroxylation is 1. The molecule has 0 unspecified atom stereocenters. The van der Waals surface area contributed by atoms with Gasteiger partial charge in [-0.05, 0) is 24.6 Å². The normalized spacial score (nSPS) is 10.9. The summed E-state index contributed by atoms with van der Waals surface area (Å²) in [6.45, 7) is 2.66. The summed E-state index contributed by atoms with van der Waals surface area (Å²) in [7, 11) is 0. The van der Waals surface area contributed by atoms with Crippen LogP contribution in [0.1, 0.15) is 16.3 Å². The van der Waals surface area contributed by atoms with E-state index in [0.29, 0.717) is 12.1 Å². The number of halogens is 3. The lowest BCUT2D eigenvalue weighted by Crippen LogP contribution is -2.13.